The second-order valence-corrected chi connectivity index (χ2v) is 3.79. The largest absolute Gasteiger partial charge is 0.326 e. The molecule has 0 aliphatic heterocycles. The first-order valence-electron chi connectivity index (χ1n) is 5.75. The summed E-state index contributed by atoms with van der Waals surface area (Å²) in [6.07, 6.45) is 0.429. The Hall–Kier alpha value is -1.68. The molecule has 0 spiro atoms. The summed E-state index contributed by atoms with van der Waals surface area (Å²) in [6.45, 7) is 5.02. The molecule has 1 rings (SSSR count). The molecule has 0 bridgehead atoms. The number of carbonyl (C=O) groups excluding carboxylic acids is 2. The molecule has 0 saturated heterocycles. The van der Waals surface area contributed by atoms with E-state index < -0.39 is 0 Å². The maximum absolute atomic E-state index is 11.5. The molecule has 0 aliphatic rings. The third-order valence-electron chi connectivity index (χ3n) is 2.33. The Bertz CT molecular complexity index is 402. The lowest BCUT2D eigenvalue weighted by Gasteiger charge is -2.06. The van der Waals surface area contributed by atoms with Crippen LogP contribution in [0.2, 0.25) is 0 Å². The van der Waals surface area contributed by atoms with Gasteiger partial charge in [0.15, 0.2) is 5.78 Å². The lowest BCUT2D eigenvalue weighted by molar-refractivity contribution is -0.116. The van der Waals surface area contributed by atoms with Crippen LogP contribution in [0.4, 0.5) is 5.69 Å². The van der Waals surface area contributed by atoms with Gasteiger partial charge in [-0.15, -0.1) is 0 Å². The minimum Gasteiger partial charge on any atom is -0.326 e. The number of benzene rings is 1. The van der Waals surface area contributed by atoms with Gasteiger partial charge in [-0.3, -0.25) is 9.59 Å². The van der Waals surface area contributed by atoms with Gasteiger partial charge in [0.25, 0.3) is 0 Å². The van der Waals surface area contributed by atoms with Gasteiger partial charge in [-0.25, -0.2) is 0 Å². The fraction of sp³-hybridized carbons (Fsp3) is 0.385. The zero-order valence-corrected chi connectivity index (χ0v) is 10.2. The summed E-state index contributed by atoms with van der Waals surface area (Å²) in [7, 11) is 0. The van der Waals surface area contributed by atoms with Crippen LogP contribution in [-0.2, 0) is 4.79 Å². The number of anilines is 1. The van der Waals surface area contributed by atoms with Gasteiger partial charge >= 0.3 is 0 Å². The van der Waals surface area contributed by atoms with Crippen LogP contribution in [0.25, 0.3) is 0 Å². The van der Waals surface area contributed by atoms with Gasteiger partial charge in [0.05, 0.1) is 0 Å². The number of ketones is 1. The highest BCUT2D eigenvalue weighted by Crippen LogP contribution is 2.11. The van der Waals surface area contributed by atoms with Crippen molar-refractivity contribution in [2.75, 3.05) is 18.4 Å². The van der Waals surface area contributed by atoms with Crippen molar-refractivity contribution in [3.8, 4) is 0 Å². The summed E-state index contributed by atoms with van der Waals surface area (Å²) < 4.78 is 0. The van der Waals surface area contributed by atoms with Crippen molar-refractivity contribution < 1.29 is 9.59 Å². The monoisotopic (exact) mass is 234 g/mol. The average Bonchev–Trinajstić information content (AvgIpc) is 2.29. The Morgan fingerprint density at radius 2 is 2.06 bits per heavy atom. The molecule has 0 heterocycles. The maximum Gasteiger partial charge on any atom is 0.225 e. The molecule has 4 nitrogen and oxygen atoms in total. The molecule has 4 heteroatoms. The van der Waals surface area contributed by atoms with Crippen molar-refractivity contribution >= 4 is 17.4 Å². The van der Waals surface area contributed by atoms with E-state index in [1.807, 2.05) is 6.92 Å². The quantitative estimate of drug-likeness (QED) is 0.583. The van der Waals surface area contributed by atoms with E-state index >= 15 is 0 Å². The zero-order chi connectivity index (χ0) is 12.7. The Kier molecular flexibility index (Phi) is 5.36. The molecule has 0 unspecified atom stereocenters. The molecule has 0 aliphatic carbocycles. The first-order valence-corrected chi connectivity index (χ1v) is 5.75. The molecule has 1 amide bonds. The number of carbonyl (C=O) groups is 2. The molecule has 0 radical (unpaired) electrons. The van der Waals surface area contributed by atoms with E-state index in [2.05, 4.69) is 10.6 Å². The van der Waals surface area contributed by atoms with Gasteiger partial charge in [-0.1, -0.05) is 19.1 Å². The molecule has 1 aromatic rings. The zero-order valence-electron chi connectivity index (χ0n) is 10.2. The summed E-state index contributed by atoms with van der Waals surface area (Å²) >= 11 is 0. The normalized spacial score (nSPS) is 10.0. The van der Waals surface area contributed by atoms with E-state index in [0.717, 1.165) is 6.54 Å². The highest BCUT2D eigenvalue weighted by Gasteiger charge is 2.04. The van der Waals surface area contributed by atoms with E-state index in [9.17, 15) is 9.59 Å². The van der Waals surface area contributed by atoms with Gasteiger partial charge in [-0.2, -0.15) is 0 Å². The summed E-state index contributed by atoms with van der Waals surface area (Å²) in [5.74, 6) is -0.0552. The van der Waals surface area contributed by atoms with E-state index in [0.29, 0.717) is 24.2 Å². The van der Waals surface area contributed by atoms with Gasteiger partial charge in [-0.05, 0) is 25.6 Å². The second-order valence-electron chi connectivity index (χ2n) is 3.79. The fourth-order valence-electron chi connectivity index (χ4n) is 1.42. The van der Waals surface area contributed by atoms with E-state index in [1.165, 1.54) is 6.92 Å². The molecule has 92 valence electrons. The van der Waals surface area contributed by atoms with Crippen LogP contribution >= 0.6 is 0 Å². The Balaban J connectivity index is 2.53. The summed E-state index contributed by atoms with van der Waals surface area (Å²) in [4.78, 5) is 22.7. The van der Waals surface area contributed by atoms with Crippen LogP contribution in [0.3, 0.4) is 0 Å². The summed E-state index contributed by atoms with van der Waals surface area (Å²) in [6, 6.07) is 6.96. The number of rotatable bonds is 6. The lowest BCUT2D eigenvalue weighted by atomic mass is 10.1. The smallest absolute Gasteiger partial charge is 0.225 e. The fourth-order valence-corrected chi connectivity index (χ4v) is 1.42. The molecule has 1 aromatic carbocycles. The highest BCUT2D eigenvalue weighted by atomic mass is 16.1. The van der Waals surface area contributed by atoms with Crippen LogP contribution in [0.15, 0.2) is 24.3 Å². The highest BCUT2D eigenvalue weighted by molar-refractivity contribution is 5.97. The van der Waals surface area contributed by atoms with Crippen molar-refractivity contribution in [3.63, 3.8) is 0 Å². The van der Waals surface area contributed by atoms with Gasteiger partial charge in [0.1, 0.15) is 0 Å². The van der Waals surface area contributed by atoms with Gasteiger partial charge < -0.3 is 10.6 Å². The maximum atomic E-state index is 11.5. The lowest BCUT2D eigenvalue weighted by Crippen LogP contribution is -2.21. The average molecular weight is 234 g/mol. The van der Waals surface area contributed by atoms with Crippen LogP contribution in [0, 0.1) is 0 Å². The summed E-state index contributed by atoms with van der Waals surface area (Å²) in [5.41, 5.74) is 1.27. The van der Waals surface area contributed by atoms with Gasteiger partial charge in [0.2, 0.25) is 5.91 Å². The summed E-state index contributed by atoms with van der Waals surface area (Å²) in [5, 5.41) is 5.84. The molecule has 17 heavy (non-hydrogen) atoms. The SMILES string of the molecule is CCNCCC(=O)Nc1cccc(C(C)=O)c1. The molecule has 0 aromatic heterocycles. The third-order valence-corrected chi connectivity index (χ3v) is 2.33. The number of Topliss-reactive ketones (excluding diaryl/α,β-unsaturated/α-hetero) is 1. The molecule has 0 atom stereocenters. The standard InChI is InChI=1S/C13H18N2O2/c1-3-14-8-7-13(17)15-12-6-4-5-11(9-12)10(2)16/h4-6,9,14H,3,7-8H2,1-2H3,(H,15,17). The van der Waals surface area contributed by atoms with E-state index in [-0.39, 0.29) is 11.7 Å². The van der Waals surface area contributed by atoms with E-state index in [1.54, 1.807) is 24.3 Å². The minimum atomic E-state index is -0.0494. The molecule has 0 saturated carbocycles. The van der Waals surface area contributed by atoms with Crippen molar-refractivity contribution in [1.29, 1.82) is 0 Å². The van der Waals surface area contributed by atoms with Crippen LogP contribution in [-0.4, -0.2) is 24.8 Å². The predicted octanol–water partition coefficient (Wildman–Crippen LogP) is 1.83. The Morgan fingerprint density at radius 1 is 1.29 bits per heavy atom. The topological polar surface area (TPSA) is 58.2 Å². The second kappa shape index (κ2) is 6.81. The number of amides is 1. The Labute approximate surface area is 101 Å². The predicted molar refractivity (Wildman–Crippen MR) is 68.2 cm³/mol. The first kappa shape index (κ1) is 13.4. The van der Waals surface area contributed by atoms with Crippen LogP contribution in [0.5, 0.6) is 0 Å². The number of hydrogen-bond acceptors (Lipinski definition) is 3. The molecule has 2 N–H and O–H groups in total. The van der Waals surface area contributed by atoms with Crippen molar-refractivity contribution in [2.24, 2.45) is 0 Å². The van der Waals surface area contributed by atoms with Crippen molar-refractivity contribution in [1.82, 2.24) is 5.32 Å². The molecular weight excluding hydrogens is 216 g/mol. The molecular formula is C13H18N2O2. The number of nitrogens with one attached hydrogen (secondary N) is 2. The van der Waals surface area contributed by atoms with Crippen LogP contribution < -0.4 is 10.6 Å². The Morgan fingerprint density at radius 3 is 2.71 bits per heavy atom. The third kappa shape index (κ3) is 4.78. The van der Waals surface area contributed by atoms with Crippen LogP contribution in [0.1, 0.15) is 30.6 Å². The van der Waals surface area contributed by atoms with E-state index in [4.69, 9.17) is 0 Å². The van der Waals surface area contributed by atoms with Crippen molar-refractivity contribution in [3.05, 3.63) is 29.8 Å². The number of hydrogen-bond donors (Lipinski definition) is 2. The minimum absolute atomic E-state index is 0.00579. The van der Waals surface area contributed by atoms with Crippen molar-refractivity contribution in [2.45, 2.75) is 20.3 Å². The first-order chi connectivity index (χ1) is 8.13. The van der Waals surface area contributed by atoms with Gasteiger partial charge in [0, 0.05) is 24.2 Å². The molecule has 0 fully saturated rings.